The Morgan fingerprint density at radius 2 is 1.76 bits per heavy atom. The van der Waals surface area contributed by atoms with Gasteiger partial charge in [0.05, 0.1) is 0 Å². The molecule has 108 valence electrons. The van der Waals surface area contributed by atoms with Crippen molar-refractivity contribution < 1.29 is 8.42 Å². The van der Waals surface area contributed by atoms with Crippen LogP contribution in [0.2, 0.25) is 0 Å². The summed E-state index contributed by atoms with van der Waals surface area (Å²) in [6.07, 6.45) is 0. The molecule has 3 rings (SSSR count). The number of nitrogens with one attached hydrogen (secondary N) is 1. The summed E-state index contributed by atoms with van der Waals surface area (Å²) in [6, 6.07) is 16.6. The van der Waals surface area contributed by atoms with Gasteiger partial charge in [0.15, 0.2) is 0 Å². The Bertz CT molecular complexity index is 885. The first-order chi connectivity index (χ1) is 10.1. The van der Waals surface area contributed by atoms with Crippen LogP contribution in [0.5, 0.6) is 0 Å². The molecule has 0 saturated carbocycles. The van der Waals surface area contributed by atoms with E-state index in [1.807, 2.05) is 36.4 Å². The van der Waals surface area contributed by atoms with Crippen LogP contribution >= 0.6 is 11.3 Å². The predicted molar refractivity (Wildman–Crippen MR) is 87.0 cm³/mol. The molecule has 0 aliphatic carbocycles. The molecule has 0 bridgehead atoms. The van der Waals surface area contributed by atoms with E-state index in [1.165, 1.54) is 11.3 Å². The molecule has 0 atom stereocenters. The van der Waals surface area contributed by atoms with Gasteiger partial charge in [-0.2, -0.15) is 0 Å². The van der Waals surface area contributed by atoms with E-state index in [0.717, 1.165) is 15.6 Å². The molecule has 3 N–H and O–H groups in total. The van der Waals surface area contributed by atoms with E-state index < -0.39 is 10.0 Å². The predicted octanol–water partition coefficient (Wildman–Crippen LogP) is 3.16. The Labute approximate surface area is 127 Å². The molecule has 4 nitrogen and oxygen atoms in total. The SMILES string of the molecule is NCc1ccc(S(=O)(=O)Nc2ccc3ccccc3c2)s1. The Morgan fingerprint density at radius 1 is 1.00 bits per heavy atom. The largest absolute Gasteiger partial charge is 0.326 e. The lowest BCUT2D eigenvalue weighted by molar-refractivity contribution is 0.603. The molecule has 0 unspecified atom stereocenters. The van der Waals surface area contributed by atoms with E-state index >= 15 is 0 Å². The number of hydrogen-bond acceptors (Lipinski definition) is 4. The third-order valence-corrected chi connectivity index (χ3v) is 6.09. The van der Waals surface area contributed by atoms with Crippen LogP contribution in [0.1, 0.15) is 4.88 Å². The maximum atomic E-state index is 12.3. The maximum absolute atomic E-state index is 12.3. The molecule has 1 aromatic heterocycles. The van der Waals surface area contributed by atoms with Crippen LogP contribution in [0, 0.1) is 0 Å². The van der Waals surface area contributed by atoms with Gasteiger partial charge in [-0.05, 0) is 35.0 Å². The Kier molecular flexibility index (Phi) is 3.67. The van der Waals surface area contributed by atoms with Gasteiger partial charge in [0.2, 0.25) is 0 Å². The summed E-state index contributed by atoms with van der Waals surface area (Å²) in [7, 11) is -3.56. The third-order valence-electron chi connectivity index (χ3n) is 3.10. The first-order valence-electron chi connectivity index (χ1n) is 6.39. The van der Waals surface area contributed by atoms with Gasteiger partial charge in [-0.15, -0.1) is 11.3 Å². The van der Waals surface area contributed by atoms with Crippen LogP contribution in [0.3, 0.4) is 0 Å². The van der Waals surface area contributed by atoms with Crippen molar-refractivity contribution in [2.45, 2.75) is 10.8 Å². The molecule has 3 aromatic rings. The molecule has 1 heterocycles. The van der Waals surface area contributed by atoms with Gasteiger partial charge < -0.3 is 5.73 Å². The second-order valence-electron chi connectivity index (χ2n) is 4.59. The summed E-state index contributed by atoms with van der Waals surface area (Å²) < 4.78 is 27.5. The van der Waals surface area contributed by atoms with Crippen molar-refractivity contribution >= 4 is 37.8 Å². The van der Waals surface area contributed by atoms with E-state index in [1.54, 1.807) is 18.2 Å². The van der Waals surface area contributed by atoms with Gasteiger partial charge in [-0.25, -0.2) is 8.42 Å². The summed E-state index contributed by atoms with van der Waals surface area (Å²) in [4.78, 5) is 0.842. The Balaban J connectivity index is 1.93. The molecular formula is C15H14N2O2S2. The lowest BCUT2D eigenvalue weighted by Gasteiger charge is -2.07. The number of rotatable bonds is 4. The van der Waals surface area contributed by atoms with E-state index in [9.17, 15) is 8.42 Å². The highest BCUT2D eigenvalue weighted by Gasteiger charge is 2.16. The van der Waals surface area contributed by atoms with Crippen LogP contribution < -0.4 is 10.5 Å². The van der Waals surface area contributed by atoms with Crippen molar-refractivity contribution in [2.24, 2.45) is 5.73 Å². The molecule has 0 aliphatic heterocycles. The number of sulfonamides is 1. The molecule has 21 heavy (non-hydrogen) atoms. The minimum atomic E-state index is -3.56. The Morgan fingerprint density at radius 3 is 2.48 bits per heavy atom. The van der Waals surface area contributed by atoms with Crippen LogP contribution in [0.15, 0.2) is 58.8 Å². The minimum Gasteiger partial charge on any atom is -0.326 e. The van der Waals surface area contributed by atoms with Crippen LogP contribution in [0.25, 0.3) is 10.8 Å². The molecule has 6 heteroatoms. The highest BCUT2D eigenvalue weighted by atomic mass is 32.2. The number of fused-ring (bicyclic) bond motifs is 1. The average molecular weight is 318 g/mol. The van der Waals surface area contributed by atoms with Crippen molar-refractivity contribution in [3.63, 3.8) is 0 Å². The normalized spacial score (nSPS) is 11.7. The topological polar surface area (TPSA) is 72.2 Å². The van der Waals surface area contributed by atoms with Crippen LogP contribution in [-0.2, 0) is 16.6 Å². The third kappa shape index (κ3) is 2.92. The fraction of sp³-hybridized carbons (Fsp3) is 0.0667. The minimum absolute atomic E-state index is 0.274. The second-order valence-corrected chi connectivity index (χ2v) is 7.67. The first kappa shape index (κ1) is 14.1. The van der Waals surface area contributed by atoms with Gasteiger partial charge in [0.1, 0.15) is 4.21 Å². The van der Waals surface area contributed by atoms with Gasteiger partial charge in [-0.1, -0.05) is 30.3 Å². The standard InChI is InChI=1S/C15H14N2O2S2/c16-10-14-7-8-15(20-14)21(18,19)17-13-6-5-11-3-1-2-4-12(11)9-13/h1-9,17H,10,16H2. The smallest absolute Gasteiger partial charge is 0.271 e. The molecule has 0 saturated heterocycles. The highest BCUT2D eigenvalue weighted by Crippen LogP contribution is 2.25. The quantitative estimate of drug-likeness (QED) is 0.776. The molecule has 0 fully saturated rings. The van der Waals surface area contributed by atoms with E-state index in [4.69, 9.17) is 5.73 Å². The molecule has 2 aromatic carbocycles. The van der Waals surface area contributed by atoms with E-state index in [-0.39, 0.29) is 4.21 Å². The monoisotopic (exact) mass is 318 g/mol. The number of anilines is 1. The zero-order chi connectivity index (χ0) is 14.9. The summed E-state index contributed by atoms with van der Waals surface area (Å²) in [5, 5.41) is 2.06. The summed E-state index contributed by atoms with van der Waals surface area (Å²) in [6.45, 7) is 0.343. The number of hydrogen-bond donors (Lipinski definition) is 2. The van der Waals surface area contributed by atoms with Crippen LogP contribution in [-0.4, -0.2) is 8.42 Å². The Hall–Kier alpha value is -1.89. The van der Waals surface area contributed by atoms with Gasteiger partial charge >= 0.3 is 0 Å². The lowest BCUT2D eigenvalue weighted by Crippen LogP contribution is -2.11. The zero-order valence-electron chi connectivity index (χ0n) is 11.1. The van der Waals surface area contributed by atoms with Crippen molar-refractivity contribution in [3.05, 3.63) is 59.5 Å². The molecule has 0 radical (unpaired) electrons. The average Bonchev–Trinajstić information content (AvgIpc) is 2.96. The maximum Gasteiger partial charge on any atom is 0.271 e. The lowest BCUT2D eigenvalue weighted by atomic mass is 10.1. The fourth-order valence-corrected chi connectivity index (χ4v) is 4.35. The highest BCUT2D eigenvalue weighted by molar-refractivity contribution is 7.94. The first-order valence-corrected chi connectivity index (χ1v) is 8.69. The number of benzene rings is 2. The zero-order valence-corrected chi connectivity index (χ0v) is 12.7. The van der Waals surface area contributed by atoms with Crippen molar-refractivity contribution in [2.75, 3.05) is 4.72 Å². The van der Waals surface area contributed by atoms with Crippen molar-refractivity contribution in [1.82, 2.24) is 0 Å². The second kappa shape index (κ2) is 5.48. The summed E-state index contributed by atoms with van der Waals surface area (Å²) >= 11 is 1.19. The van der Waals surface area contributed by atoms with Crippen molar-refractivity contribution in [3.8, 4) is 0 Å². The van der Waals surface area contributed by atoms with Gasteiger partial charge in [0.25, 0.3) is 10.0 Å². The van der Waals surface area contributed by atoms with Crippen molar-refractivity contribution in [1.29, 1.82) is 0 Å². The molecular weight excluding hydrogens is 304 g/mol. The van der Waals surface area contributed by atoms with Crippen LogP contribution in [0.4, 0.5) is 5.69 Å². The molecule has 0 amide bonds. The molecule has 0 aliphatic rings. The number of thiophene rings is 1. The van der Waals surface area contributed by atoms with E-state index in [2.05, 4.69) is 4.72 Å². The van der Waals surface area contributed by atoms with Gasteiger partial charge in [-0.3, -0.25) is 4.72 Å². The number of nitrogens with two attached hydrogens (primary N) is 1. The fourth-order valence-electron chi connectivity index (χ4n) is 2.07. The van der Waals surface area contributed by atoms with E-state index in [0.29, 0.717) is 12.2 Å². The summed E-state index contributed by atoms with van der Waals surface area (Å²) in [5.41, 5.74) is 6.07. The molecule has 0 spiro atoms. The van der Waals surface area contributed by atoms with Gasteiger partial charge in [0, 0.05) is 17.1 Å². The summed E-state index contributed by atoms with van der Waals surface area (Å²) in [5.74, 6) is 0.